The van der Waals surface area contributed by atoms with Gasteiger partial charge in [-0.15, -0.1) is 0 Å². The number of nitriles is 1. The fraction of sp³-hybridized carbons (Fsp3) is 0.600. The van der Waals surface area contributed by atoms with Gasteiger partial charge in [-0.3, -0.25) is 0 Å². The van der Waals surface area contributed by atoms with Gasteiger partial charge < -0.3 is 10.2 Å². The summed E-state index contributed by atoms with van der Waals surface area (Å²) in [7, 11) is 0. The van der Waals surface area contributed by atoms with E-state index in [0.29, 0.717) is 5.69 Å². The Morgan fingerprint density at radius 1 is 1.32 bits per heavy atom. The van der Waals surface area contributed by atoms with Gasteiger partial charge in [0.25, 0.3) is 0 Å². The number of rotatable bonds is 1. The molecule has 2 fully saturated rings. The van der Waals surface area contributed by atoms with Gasteiger partial charge in [0.15, 0.2) is 0 Å². The molecular weight excluding hydrogens is 236 g/mol. The minimum absolute atomic E-state index is 0.255. The van der Waals surface area contributed by atoms with Crippen LogP contribution in [-0.4, -0.2) is 30.2 Å². The second-order valence-electron chi connectivity index (χ2n) is 5.62. The smallest absolute Gasteiger partial charge is 0.142 e. The zero-order chi connectivity index (χ0) is 13.1. The second-order valence-corrected chi connectivity index (χ2v) is 5.62. The third kappa shape index (κ3) is 2.31. The van der Waals surface area contributed by atoms with Crippen LogP contribution in [0.5, 0.6) is 0 Å². The fourth-order valence-electron chi connectivity index (χ4n) is 3.55. The Morgan fingerprint density at radius 2 is 2.16 bits per heavy atom. The molecule has 1 aliphatic heterocycles. The number of pyridine rings is 1. The highest BCUT2D eigenvalue weighted by atomic mass is 15.3. The Bertz CT molecular complexity index is 477. The topological polar surface area (TPSA) is 52.0 Å². The van der Waals surface area contributed by atoms with E-state index in [2.05, 4.69) is 21.3 Å². The predicted octanol–water partition coefficient (Wildman–Crippen LogP) is 2.07. The molecule has 100 valence electrons. The van der Waals surface area contributed by atoms with Crippen LogP contribution in [-0.2, 0) is 0 Å². The lowest BCUT2D eigenvalue weighted by Crippen LogP contribution is -2.62. The molecule has 1 N–H and O–H groups in total. The number of anilines is 1. The van der Waals surface area contributed by atoms with Gasteiger partial charge in [0.05, 0.1) is 5.54 Å². The van der Waals surface area contributed by atoms with Crippen molar-refractivity contribution in [2.45, 2.75) is 37.6 Å². The molecule has 3 rings (SSSR count). The summed E-state index contributed by atoms with van der Waals surface area (Å²) in [4.78, 5) is 6.60. The zero-order valence-corrected chi connectivity index (χ0v) is 11.2. The van der Waals surface area contributed by atoms with Crippen LogP contribution in [0, 0.1) is 11.3 Å². The molecule has 2 heterocycles. The van der Waals surface area contributed by atoms with Crippen LogP contribution < -0.4 is 10.2 Å². The summed E-state index contributed by atoms with van der Waals surface area (Å²) in [6.45, 7) is 3.11. The molecule has 0 unspecified atom stereocenters. The van der Waals surface area contributed by atoms with Crippen molar-refractivity contribution in [3.05, 3.63) is 24.0 Å². The average molecular weight is 256 g/mol. The highest BCUT2D eigenvalue weighted by Crippen LogP contribution is 2.37. The average Bonchev–Trinajstić information content (AvgIpc) is 2.49. The molecule has 0 bridgehead atoms. The lowest BCUT2D eigenvalue weighted by Gasteiger charge is -2.51. The van der Waals surface area contributed by atoms with Gasteiger partial charge in [-0.2, -0.15) is 5.26 Å². The molecule has 0 atom stereocenters. The van der Waals surface area contributed by atoms with Crippen molar-refractivity contribution in [3.63, 3.8) is 0 Å². The maximum atomic E-state index is 9.02. The molecule has 1 aliphatic carbocycles. The standard InChI is InChI=1S/C15H20N4/c16-11-13-10-14(4-7-18-13)19-9-8-17-12-15(19)5-2-1-3-6-15/h4,7,10,17H,1-3,5-6,8-9,12H2. The molecular formula is C15H20N4. The van der Waals surface area contributed by atoms with Gasteiger partial charge in [0, 0.05) is 31.5 Å². The maximum Gasteiger partial charge on any atom is 0.142 e. The van der Waals surface area contributed by atoms with E-state index in [1.54, 1.807) is 6.20 Å². The quantitative estimate of drug-likeness (QED) is 0.835. The van der Waals surface area contributed by atoms with E-state index in [9.17, 15) is 0 Å². The van der Waals surface area contributed by atoms with Crippen LogP contribution in [0.1, 0.15) is 37.8 Å². The number of aromatic nitrogens is 1. The van der Waals surface area contributed by atoms with E-state index >= 15 is 0 Å². The molecule has 1 saturated carbocycles. The third-order valence-electron chi connectivity index (χ3n) is 4.49. The Balaban J connectivity index is 1.93. The van der Waals surface area contributed by atoms with Gasteiger partial charge in [0.2, 0.25) is 0 Å². The van der Waals surface area contributed by atoms with Crippen molar-refractivity contribution >= 4 is 5.69 Å². The van der Waals surface area contributed by atoms with Gasteiger partial charge in [0.1, 0.15) is 11.8 Å². The van der Waals surface area contributed by atoms with E-state index in [1.165, 1.54) is 32.1 Å². The first kappa shape index (κ1) is 12.4. The highest BCUT2D eigenvalue weighted by molar-refractivity contribution is 5.52. The van der Waals surface area contributed by atoms with Gasteiger partial charge in [-0.05, 0) is 25.0 Å². The summed E-state index contributed by atoms with van der Waals surface area (Å²) in [5.41, 5.74) is 1.93. The molecule has 4 nitrogen and oxygen atoms in total. The van der Waals surface area contributed by atoms with E-state index < -0.39 is 0 Å². The van der Waals surface area contributed by atoms with E-state index in [1.807, 2.05) is 12.1 Å². The number of piperazine rings is 1. The molecule has 19 heavy (non-hydrogen) atoms. The van der Waals surface area contributed by atoms with Crippen molar-refractivity contribution in [2.75, 3.05) is 24.5 Å². The lowest BCUT2D eigenvalue weighted by molar-refractivity contribution is 0.241. The van der Waals surface area contributed by atoms with Crippen LogP contribution in [0.2, 0.25) is 0 Å². The van der Waals surface area contributed by atoms with Crippen molar-refractivity contribution in [3.8, 4) is 6.07 Å². The minimum atomic E-state index is 0.255. The number of nitrogens with one attached hydrogen (secondary N) is 1. The minimum Gasteiger partial charge on any atom is -0.363 e. The maximum absolute atomic E-state index is 9.02. The zero-order valence-electron chi connectivity index (χ0n) is 11.2. The highest BCUT2D eigenvalue weighted by Gasteiger charge is 2.39. The van der Waals surface area contributed by atoms with Crippen LogP contribution >= 0.6 is 0 Å². The Kier molecular flexibility index (Phi) is 3.39. The summed E-state index contributed by atoms with van der Waals surface area (Å²) in [6, 6.07) is 6.12. The van der Waals surface area contributed by atoms with Crippen molar-refractivity contribution in [2.24, 2.45) is 0 Å². The summed E-state index contributed by atoms with van der Waals surface area (Å²) < 4.78 is 0. The number of nitrogens with zero attached hydrogens (tertiary/aromatic N) is 3. The van der Waals surface area contributed by atoms with E-state index in [-0.39, 0.29) is 5.54 Å². The van der Waals surface area contributed by atoms with Crippen LogP contribution in [0.3, 0.4) is 0 Å². The van der Waals surface area contributed by atoms with Gasteiger partial charge >= 0.3 is 0 Å². The molecule has 1 aromatic heterocycles. The first-order chi connectivity index (χ1) is 9.34. The van der Waals surface area contributed by atoms with Crippen LogP contribution in [0.15, 0.2) is 18.3 Å². The van der Waals surface area contributed by atoms with E-state index in [0.717, 1.165) is 25.3 Å². The summed E-state index contributed by atoms with van der Waals surface area (Å²) in [6.07, 6.45) is 8.25. The molecule has 0 aromatic carbocycles. The largest absolute Gasteiger partial charge is 0.363 e. The normalized spacial score (nSPS) is 22.2. The van der Waals surface area contributed by atoms with E-state index in [4.69, 9.17) is 5.26 Å². The summed E-state index contributed by atoms with van der Waals surface area (Å²) in [5.74, 6) is 0. The molecule has 0 radical (unpaired) electrons. The van der Waals surface area contributed by atoms with Gasteiger partial charge in [-0.25, -0.2) is 4.98 Å². The van der Waals surface area contributed by atoms with Crippen LogP contribution in [0.4, 0.5) is 5.69 Å². The Hall–Kier alpha value is -1.60. The summed E-state index contributed by atoms with van der Waals surface area (Å²) in [5, 5.41) is 12.6. The number of hydrogen-bond donors (Lipinski definition) is 1. The molecule has 4 heteroatoms. The number of hydrogen-bond acceptors (Lipinski definition) is 4. The molecule has 1 aromatic rings. The Morgan fingerprint density at radius 3 is 2.95 bits per heavy atom. The Labute approximate surface area is 114 Å². The fourth-order valence-corrected chi connectivity index (χ4v) is 3.55. The molecule has 2 aliphatic rings. The summed E-state index contributed by atoms with van der Waals surface area (Å²) >= 11 is 0. The monoisotopic (exact) mass is 256 g/mol. The molecule has 1 saturated heterocycles. The molecule has 0 amide bonds. The van der Waals surface area contributed by atoms with Crippen molar-refractivity contribution < 1.29 is 0 Å². The first-order valence-electron chi connectivity index (χ1n) is 7.19. The van der Waals surface area contributed by atoms with Crippen molar-refractivity contribution in [1.82, 2.24) is 10.3 Å². The second kappa shape index (κ2) is 5.18. The van der Waals surface area contributed by atoms with Crippen molar-refractivity contribution in [1.29, 1.82) is 5.26 Å². The third-order valence-corrected chi connectivity index (χ3v) is 4.49. The molecule has 1 spiro atoms. The first-order valence-corrected chi connectivity index (χ1v) is 7.19. The van der Waals surface area contributed by atoms with Crippen LogP contribution in [0.25, 0.3) is 0 Å². The lowest BCUT2D eigenvalue weighted by atomic mass is 9.78. The SMILES string of the molecule is N#Cc1cc(N2CCNCC23CCCCC3)ccn1. The van der Waals surface area contributed by atoms with Gasteiger partial charge in [-0.1, -0.05) is 19.3 Å². The predicted molar refractivity (Wildman–Crippen MR) is 75.0 cm³/mol.